The van der Waals surface area contributed by atoms with Crippen LogP contribution in [0.4, 0.5) is 0 Å². The van der Waals surface area contributed by atoms with Gasteiger partial charge in [0.1, 0.15) is 5.75 Å². The van der Waals surface area contributed by atoms with Gasteiger partial charge in [0, 0.05) is 20.3 Å². The third-order valence-corrected chi connectivity index (χ3v) is 2.72. The molecule has 0 fully saturated rings. The molecule has 0 atom stereocenters. The summed E-state index contributed by atoms with van der Waals surface area (Å²) in [5.41, 5.74) is -0.0651. The molecule has 0 bridgehead atoms. The number of halogens is 1. The fraction of sp³-hybridized carbons (Fsp3) is 0.385. The third kappa shape index (κ3) is 5.46. The topological polar surface area (TPSA) is 84.9 Å². The summed E-state index contributed by atoms with van der Waals surface area (Å²) in [4.78, 5) is 22.3. The molecule has 1 amide bonds. The van der Waals surface area contributed by atoms with Crippen LogP contribution in [0, 0.1) is 0 Å². The van der Waals surface area contributed by atoms with Gasteiger partial charge in [-0.25, -0.2) is 4.79 Å². The quantitative estimate of drug-likeness (QED) is 0.712. The lowest BCUT2D eigenvalue weighted by Gasteiger charge is -2.08. The highest BCUT2D eigenvalue weighted by Crippen LogP contribution is 2.22. The van der Waals surface area contributed by atoms with Crippen molar-refractivity contribution in [3.8, 4) is 5.75 Å². The minimum Gasteiger partial charge on any atom is -0.484 e. The van der Waals surface area contributed by atoms with E-state index in [1.165, 1.54) is 18.2 Å². The van der Waals surface area contributed by atoms with Gasteiger partial charge in [0.15, 0.2) is 6.61 Å². The van der Waals surface area contributed by atoms with Crippen LogP contribution in [0.3, 0.4) is 0 Å². The van der Waals surface area contributed by atoms with Crippen LogP contribution in [0.2, 0.25) is 5.02 Å². The van der Waals surface area contributed by atoms with Crippen molar-refractivity contribution in [3.63, 3.8) is 0 Å². The molecule has 2 N–H and O–H groups in total. The highest BCUT2D eigenvalue weighted by Gasteiger charge is 2.10. The van der Waals surface area contributed by atoms with Gasteiger partial charge < -0.3 is 19.9 Å². The van der Waals surface area contributed by atoms with E-state index in [9.17, 15) is 9.59 Å². The minimum absolute atomic E-state index is 0.0651. The van der Waals surface area contributed by atoms with Crippen molar-refractivity contribution >= 4 is 23.5 Å². The van der Waals surface area contributed by atoms with Crippen molar-refractivity contribution in [3.05, 3.63) is 28.8 Å². The monoisotopic (exact) mass is 301 g/mol. The summed E-state index contributed by atoms with van der Waals surface area (Å²) in [6.45, 7) is 0.880. The maximum atomic E-state index is 11.4. The SMILES string of the molecule is COCCCNC(=O)COc1ccc(Cl)c(C(=O)O)c1. The smallest absolute Gasteiger partial charge is 0.337 e. The van der Waals surface area contributed by atoms with Crippen LogP contribution in [0.25, 0.3) is 0 Å². The van der Waals surface area contributed by atoms with Gasteiger partial charge in [0.25, 0.3) is 5.91 Å². The van der Waals surface area contributed by atoms with Crippen molar-refractivity contribution in [1.82, 2.24) is 5.32 Å². The zero-order valence-corrected chi connectivity index (χ0v) is 11.8. The Morgan fingerprint density at radius 3 is 2.80 bits per heavy atom. The molecule has 0 aliphatic carbocycles. The molecule has 7 heteroatoms. The first-order valence-electron chi connectivity index (χ1n) is 5.96. The summed E-state index contributed by atoms with van der Waals surface area (Å²) in [5, 5.41) is 11.7. The van der Waals surface area contributed by atoms with Crippen LogP contribution in [0.15, 0.2) is 18.2 Å². The summed E-state index contributed by atoms with van der Waals surface area (Å²) in [6.07, 6.45) is 0.715. The van der Waals surface area contributed by atoms with E-state index in [2.05, 4.69) is 5.32 Å². The lowest BCUT2D eigenvalue weighted by molar-refractivity contribution is -0.123. The number of aromatic carboxylic acids is 1. The first-order valence-corrected chi connectivity index (χ1v) is 6.33. The van der Waals surface area contributed by atoms with Gasteiger partial charge in [-0.15, -0.1) is 0 Å². The van der Waals surface area contributed by atoms with Gasteiger partial charge in [0.05, 0.1) is 10.6 Å². The van der Waals surface area contributed by atoms with Crippen LogP contribution in [0.1, 0.15) is 16.8 Å². The predicted molar refractivity (Wildman–Crippen MR) is 73.4 cm³/mol. The molecule has 6 nitrogen and oxygen atoms in total. The number of hydrogen-bond acceptors (Lipinski definition) is 4. The molecule has 0 spiro atoms. The van der Waals surface area contributed by atoms with Gasteiger partial charge in [-0.05, 0) is 24.6 Å². The van der Waals surface area contributed by atoms with E-state index in [-0.39, 0.29) is 28.8 Å². The molecule has 0 heterocycles. The number of amides is 1. The third-order valence-electron chi connectivity index (χ3n) is 2.39. The molecule has 20 heavy (non-hydrogen) atoms. The van der Waals surface area contributed by atoms with E-state index >= 15 is 0 Å². The minimum atomic E-state index is -1.15. The van der Waals surface area contributed by atoms with Crippen LogP contribution in [-0.2, 0) is 9.53 Å². The number of carbonyl (C=O) groups is 2. The average molecular weight is 302 g/mol. The van der Waals surface area contributed by atoms with Gasteiger partial charge in [-0.1, -0.05) is 11.6 Å². The lowest BCUT2D eigenvalue weighted by atomic mass is 10.2. The van der Waals surface area contributed by atoms with Crippen molar-refractivity contribution in [2.45, 2.75) is 6.42 Å². The Kier molecular flexibility index (Phi) is 6.83. The fourth-order valence-corrected chi connectivity index (χ4v) is 1.60. The molecule has 1 aromatic carbocycles. The van der Waals surface area contributed by atoms with Crippen molar-refractivity contribution < 1.29 is 24.2 Å². The van der Waals surface area contributed by atoms with Gasteiger partial charge in [-0.3, -0.25) is 4.79 Å². The highest BCUT2D eigenvalue weighted by molar-refractivity contribution is 6.33. The molecule has 1 rings (SSSR count). The second kappa shape index (κ2) is 8.39. The largest absolute Gasteiger partial charge is 0.484 e. The second-order valence-electron chi connectivity index (χ2n) is 3.93. The van der Waals surface area contributed by atoms with Gasteiger partial charge in [0.2, 0.25) is 0 Å². The maximum absolute atomic E-state index is 11.4. The molecule has 0 radical (unpaired) electrons. The summed E-state index contributed by atoms with van der Waals surface area (Å²) in [6, 6.07) is 4.20. The number of methoxy groups -OCH3 is 1. The van der Waals surface area contributed by atoms with Crippen LogP contribution in [-0.4, -0.2) is 43.9 Å². The molecule has 0 aromatic heterocycles. The first kappa shape index (κ1) is 16.3. The maximum Gasteiger partial charge on any atom is 0.337 e. The Morgan fingerprint density at radius 2 is 2.15 bits per heavy atom. The van der Waals surface area contributed by atoms with Crippen LogP contribution >= 0.6 is 11.6 Å². The zero-order chi connectivity index (χ0) is 15.0. The molecule has 0 unspecified atom stereocenters. The standard InChI is InChI=1S/C13H16ClNO5/c1-19-6-2-5-15-12(16)8-20-9-3-4-11(14)10(7-9)13(17)18/h3-4,7H,2,5-6,8H2,1H3,(H,15,16)(H,17,18). The number of nitrogens with one attached hydrogen (secondary N) is 1. The number of carbonyl (C=O) groups excluding carboxylic acids is 1. The number of hydrogen-bond donors (Lipinski definition) is 2. The van der Waals surface area contributed by atoms with Gasteiger partial charge in [-0.2, -0.15) is 0 Å². The second-order valence-corrected chi connectivity index (χ2v) is 4.34. The van der Waals surface area contributed by atoms with Crippen molar-refractivity contribution in [1.29, 1.82) is 0 Å². The molecule has 0 aliphatic heterocycles. The van der Waals surface area contributed by atoms with E-state index in [0.29, 0.717) is 19.6 Å². The summed E-state index contributed by atoms with van der Waals surface area (Å²) < 4.78 is 10.1. The van der Waals surface area contributed by atoms with E-state index in [4.69, 9.17) is 26.2 Å². The Morgan fingerprint density at radius 1 is 1.40 bits per heavy atom. The number of benzene rings is 1. The molecule has 110 valence electrons. The average Bonchev–Trinajstić information content (AvgIpc) is 2.42. The molecular formula is C13H16ClNO5. The Bertz CT molecular complexity index is 478. The Balaban J connectivity index is 2.43. The highest BCUT2D eigenvalue weighted by atomic mass is 35.5. The van der Waals surface area contributed by atoms with E-state index in [1.807, 2.05) is 0 Å². The number of carboxylic acid groups (broad SMARTS) is 1. The molecule has 0 saturated carbocycles. The molecule has 0 aliphatic rings. The van der Waals surface area contributed by atoms with Crippen molar-refractivity contribution in [2.75, 3.05) is 26.9 Å². The fourth-order valence-electron chi connectivity index (χ4n) is 1.40. The van der Waals surface area contributed by atoms with Crippen LogP contribution < -0.4 is 10.1 Å². The Hall–Kier alpha value is -1.79. The van der Waals surface area contributed by atoms with Crippen LogP contribution in [0.5, 0.6) is 5.75 Å². The summed E-state index contributed by atoms with van der Waals surface area (Å²) in [5.74, 6) is -1.16. The van der Waals surface area contributed by atoms with Crippen molar-refractivity contribution in [2.24, 2.45) is 0 Å². The number of carboxylic acids is 1. The van der Waals surface area contributed by atoms with E-state index < -0.39 is 5.97 Å². The Labute approximate surface area is 121 Å². The summed E-state index contributed by atoms with van der Waals surface area (Å²) in [7, 11) is 1.59. The lowest BCUT2D eigenvalue weighted by Crippen LogP contribution is -2.30. The zero-order valence-electron chi connectivity index (χ0n) is 11.0. The number of rotatable bonds is 8. The molecule has 0 saturated heterocycles. The predicted octanol–water partition coefficient (Wildman–Crippen LogP) is 1.57. The van der Waals surface area contributed by atoms with E-state index in [1.54, 1.807) is 7.11 Å². The normalized spacial score (nSPS) is 10.1. The number of ether oxygens (including phenoxy) is 2. The van der Waals surface area contributed by atoms with Gasteiger partial charge >= 0.3 is 5.97 Å². The van der Waals surface area contributed by atoms with E-state index in [0.717, 1.165) is 0 Å². The first-order chi connectivity index (χ1) is 9.54. The molecular weight excluding hydrogens is 286 g/mol. The summed E-state index contributed by atoms with van der Waals surface area (Å²) >= 11 is 5.72. The molecule has 1 aromatic rings.